The molecule has 13 nitrogen and oxygen atoms in total. The fourth-order valence-corrected chi connectivity index (χ4v) is 9.14. The molecule has 8 rings (SSSR count). The number of ether oxygens (including phenoxy) is 5. The van der Waals surface area contributed by atoms with Gasteiger partial charge in [0.25, 0.3) is 11.8 Å². The Morgan fingerprint density at radius 1 is 0.638 bits per heavy atom. The largest absolute Gasteiger partial charge is 0.491 e. The molecule has 2 fully saturated rings. The van der Waals surface area contributed by atoms with E-state index < -0.39 is 11.7 Å². The molecule has 0 saturated carbocycles. The number of nitrogens with zero attached hydrogens (tertiary/aromatic N) is 4. The molecule has 0 aliphatic carbocycles. The third-order valence-corrected chi connectivity index (χ3v) is 12.3. The minimum absolute atomic E-state index is 0.0217. The van der Waals surface area contributed by atoms with Gasteiger partial charge in [0, 0.05) is 118 Å². The van der Waals surface area contributed by atoms with Crippen molar-refractivity contribution in [2.24, 2.45) is 0 Å². The summed E-state index contributed by atoms with van der Waals surface area (Å²) in [5.41, 5.74) is 4.31. The van der Waals surface area contributed by atoms with Gasteiger partial charge in [-0.3, -0.25) is 19.6 Å². The van der Waals surface area contributed by atoms with Crippen molar-refractivity contribution in [3.05, 3.63) is 131 Å². The van der Waals surface area contributed by atoms with Crippen molar-refractivity contribution in [2.45, 2.75) is 156 Å². The maximum absolute atomic E-state index is 13.3. The summed E-state index contributed by atoms with van der Waals surface area (Å²) < 4.78 is 30.8. The molecular formula is C56H74N4O9. The predicted octanol–water partition coefficient (Wildman–Crippen LogP) is 9.77. The molecule has 6 heterocycles. The number of hydrogen-bond donors (Lipinski definition) is 2. The number of rotatable bonds is 10. The maximum Gasteiger partial charge on any atom is 0.253 e. The summed E-state index contributed by atoms with van der Waals surface area (Å²) in [5, 5.41) is 18.5. The molecule has 2 amide bonds. The van der Waals surface area contributed by atoms with Gasteiger partial charge in [0.1, 0.15) is 34.2 Å². The van der Waals surface area contributed by atoms with Gasteiger partial charge in [0.2, 0.25) is 0 Å². The summed E-state index contributed by atoms with van der Waals surface area (Å²) in [5.74, 6) is 3.20. The van der Waals surface area contributed by atoms with Crippen molar-refractivity contribution in [1.29, 1.82) is 0 Å². The number of aliphatic hydroxyl groups excluding tert-OH is 2. The molecule has 2 aromatic heterocycles. The molecule has 2 N–H and O–H groups in total. The van der Waals surface area contributed by atoms with Crippen LogP contribution in [0.15, 0.2) is 97.6 Å². The lowest BCUT2D eigenvalue weighted by atomic mass is 9.83. The van der Waals surface area contributed by atoms with Crippen LogP contribution in [0.3, 0.4) is 0 Å². The Labute approximate surface area is 409 Å². The van der Waals surface area contributed by atoms with Crippen molar-refractivity contribution in [2.75, 3.05) is 26.2 Å². The van der Waals surface area contributed by atoms with Crippen LogP contribution in [0.2, 0.25) is 0 Å². The summed E-state index contributed by atoms with van der Waals surface area (Å²) in [6.45, 7) is 22.0. The molecule has 13 heteroatoms. The van der Waals surface area contributed by atoms with E-state index in [9.17, 15) is 14.7 Å². The van der Waals surface area contributed by atoms with Gasteiger partial charge in [-0.05, 0) is 153 Å². The summed E-state index contributed by atoms with van der Waals surface area (Å²) in [4.78, 5) is 38.6. The van der Waals surface area contributed by atoms with Crippen molar-refractivity contribution < 1.29 is 43.5 Å². The molecule has 372 valence electrons. The molecule has 4 aliphatic heterocycles. The van der Waals surface area contributed by atoms with E-state index in [1.165, 1.54) is 0 Å². The second-order valence-electron chi connectivity index (χ2n) is 19.8. The minimum atomic E-state index is -0.567. The number of pyridine rings is 2. The molecule has 2 unspecified atom stereocenters. The van der Waals surface area contributed by atoms with Crippen LogP contribution < -0.4 is 9.47 Å². The van der Waals surface area contributed by atoms with Crippen LogP contribution in [0.1, 0.15) is 137 Å². The number of aryl methyl sites for hydroxylation is 2. The SMILES string of the molecule is CC(C)O.Cc1cc(C(=O)N2CCC3(CC2)CC(O)C=C(c2cccnc2)O3)ccc1OC(C)C.Cc1cc(C(=O)N2CCC3(CC2)CC(OC(C)C)C=C(c2cccnc2)O3)ccc1OC(C)C. The highest BCUT2D eigenvalue weighted by molar-refractivity contribution is 5.95. The number of benzene rings is 2. The lowest BCUT2D eigenvalue weighted by molar-refractivity contribution is -0.0784. The quantitative estimate of drug-likeness (QED) is 0.156. The summed E-state index contributed by atoms with van der Waals surface area (Å²) >= 11 is 0. The van der Waals surface area contributed by atoms with Crippen LogP contribution in [0.5, 0.6) is 11.5 Å². The lowest BCUT2D eigenvalue weighted by Gasteiger charge is -2.46. The Morgan fingerprint density at radius 3 is 1.43 bits per heavy atom. The van der Waals surface area contributed by atoms with E-state index in [4.69, 9.17) is 28.8 Å². The van der Waals surface area contributed by atoms with Crippen LogP contribution in [0, 0.1) is 13.8 Å². The lowest BCUT2D eigenvalue weighted by Crippen LogP contribution is -2.50. The Hall–Kier alpha value is -5.76. The first-order chi connectivity index (χ1) is 32.8. The van der Waals surface area contributed by atoms with Gasteiger partial charge >= 0.3 is 0 Å². The Bertz CT molecular complexity index is 2360. The van der Waals surface area contributed by atoms with E-state index in [2.05, 4.69) is 29.9 Å². The fourth-order valence-electron chi connectivity index (χ4n) is 9.14. The van der Waals surface area contributed by atoms with Crippen LogP contribution in [-0.2, 0) is 14.2 Å². The summed E-state index contributed by atoms with van der Waals surface area (Å²) in [6.07, 6.45) is 14.6. The normalized spacial score (nSPS) is 19.4. The van der Waals surface area contributed by atoms with Gasteiger partial charge < -0.3 is 43.7 Å². The summed E-state index contributed by atoms with van der Waals surface area (Å²) in [6, 6.07) is 19.0. The molecule has 0 bridgehead atoms. The second-order valence-corrected chi connectivity index (χ2v) is 19.8. The molecule has 2 saturated heterocycles. The van der Waals surface area contributed by atoms with Gasteiger partial charge in [0.15, 0.2) is 0 Å². The monoisotopic (exact) mass is 947 g/mol. The minimum Gasteiger partial charge on any atom is -0.491 e. The highest BCUT2D eigenvalue weighted by Gasteiger charge is 2.44. The van der Waals surface area contributed by atoms with Gasteiger partial charge in [-0.2, -0.15) is 0 Å². The van der Waals surface area contributed by atoms with Gasteiger partial charge in [-0.15, -0.1) is 0 Å². The number of amides is 2. The first kappa shape index (κ1) is 52.6. The number of hydrogen-bond acceptors (Lipinski definition) is 11. The van der Waals surface area contributed by atoms with Crippen molar-refractivity contribution in [3.63, 3.8) is 0 Å². The Balaban J connectivity index is 0.000000211. The molecule has 69 heavy (non-hydrogen) atoms. The highest BCUT2D eigenvalue weighted by Crippen LogP contribution is 2.42. The van der Waals surface area contributed by atoms with E-state index in [1.54, 1.807) is 38.5 Å². The number of aliphatic hydroxyl groups is 2. The van der Waals surface area contributed by atoms with Crippen molar-refractivity contribution >= 4 is 23.3 Å². The van der Waals surface area contributed by atoms with Crippen LogP contribution in [0.25, 0.3) is 11.5 Å². The number of carbonyl (C=O) groups is 2. The Morgan fingerprint density at radius 2 is 1.06 bits per heavy atom. The van der Waals surface area contributed by atoms with E-state index >= 15 is 0 Å². The van der Waals surface area contributed by atoms with Gasteiger partial charge in [-0.1, -0.05) is 0 Å². The second kappa shape index (κ2) is 23.7. The van der Waals surface area contributed by atoms with E-state index in [0.717, 1.165) is 58.8 Å². The van der Waals surface area contributed by atoms with Crippen LogP contribution in [0.4, 0.5) is 0 Å². The number of likely N-dealkylation sites (tertiary alicyclic amines) is 2. The molecule has 2 atom stereocenters. The summed E-state index contributed by atoms with van der Waals surface area (Å²) in [7, 11) is 0. The standard InChI is InChI=1S/C28H36N2O4.C25H30N2O4.C3H8O/c1-19(2)32-24-16-26(23-7-6-12-29-18-23)34-28(17-24)10-13-30(14-11-28)27(31)22-8-9-25(21(5)15-22)33-20(3)4;1-17(2)30-22-7-6-19(13-18(22)3)24(29)27-11-8-25(9-12-27)15-21(28)14-23(31-25)20-5-4-10-26-16-20;1-3(2)4/h6-9,12,15-16,18-20,24H,10-11,13-14,17H2,1-5H3;4-7,10,13-14,16-17,21,28H,8-9,11-12,15H2,1-3H3;3-4H,1-2H3. The van der Waals surface area contributed by atoms with Crippen LogP contribution >= 0.6 is 0 Å². The highest BCUT2D eigenvalue weighted by atomic mass is 16.5. The number of carbonyl (C=O) groups excluding carboxylic acids is 2. The van der Waals surface area contributed by atoms with E-state index in [1.807, 2.05) is 118 Å². The fraction of sp³-hybridized carbons (Fsp3) is 0.500. The predicted molar refractivity (Wildman–Crippen MR) is 269 cm³/mol. The average Bonchev–Trinajstić information content (AvgIpc) is 3.30. The third kappa shape index (κ3) is 14.6. The van der Waals surface area contributed by atoms with Gasteiger partial charge in [-0.25, -0.2) is 0 Å². The third-order valence-electron chi connectivity index (χ3n) is 12.3. The smallest absolute Gasteiger partial charge is 0.253 e. The zero-order valence-corrected chi connectivity index (χ0v) is 42.3. The van der Waals surface area contributed by atoms with Crippen molar-refractivity contribution in [1.82, 2.24) is 19.8 Å². The van der Waals surface area contributed by atoms with E-state index in [0.29, 0.717) is 62.3 Å². The first-order valence-corrected chi connectivity index (χ1v) is 24.6. The molecule has 4 aromatic rings. The number of piperidine rings is 2. The molecule has 2 aromatic carbocycles. The van der Waals surface area contributed by atoms with E-state index in [-0.39, 0.29) is 47.9 Å². The first-order valence-electron chi connectivity index (χ1n) is 24.6. The number of aromatic nitrogens is 2. The molecule has 0 radical (unpaired) electrons. The topological polar surface area (TPSA) is 153 Å². The van der Waals surface area contributed by atoms with Crippen molar-refractivity contribution in [3.8, 4) is 11.5 Å². The molecule has 4 aliphatic rings. The van der Waals surface area contributed by atoms with Crippen LogP contribution in [-0.4, -0.2) is 116 Å². The maximum atomic E-state index is 13.3. The average molecular weight is 947 g/mol. The zero-order valence-electron chi connectivity index (χ0n) is 42.3. The zero-order chi connectivity index (χ0) is 49.9. The Kier molecular flexibility index (Phi) is 18.1. The van der Waals surface area contributed by atoms with Gasteiger partial charge in [0.05, 0.1) is 30.5 Å². The molecule has 2 spiro atoms. The molecular weight excluding hydrogens is 873 g/mol.